The van der Waals surface area contributed by atoms with Crippen molar-refractivity contribution < 1.29 is 19.1 Å². The average Bonchev–Trinajstić information content (AvgIpc) is 2.89. The van der Waals surface area contributed by atoms with Gasteiger partial charge in [0.25, 0.3) is 0 Å². The van der Waals surface area contributed by atoms with Gasteiger partial charge in [-0.2, -0.15) is 0 Å². The first-order chi connectivity index (χ1) is 12.4. The van der Waals surface area contributed by atoms with Gasteiger partial charge in [-0.3, -0.25) is 4.79 Å². The first-order valence-electron chi connectivity index (χ1n) is 8.64. The highest BCUT2D eigenvalue weighted by Crippen LogP contribution is 2.49. The molecule has 0 saturated heterocycles. The lowest BCUT2D eigenvalue weighted by Gasteiger charge is -2.27. The number of rotatable bonds is 5. The van der Waals surface area contributed by atoms with E-state index in [-0.39, 0.29) is 18.6 Å². The van der Waals surface area contributed by atoms with Crippen LogP contribution in [-0.2, 0) is 19.7 Å². The van der Waals surface area contributed by atoms with Crippen LogP contribution < -0.4 is 4.74 Å². The fraction of sp³-hybridized carbons (Fsp3) is 0.273. The Kier molecular flexibility index (Phi) is 4.68. The Morgan fingerprint density at radius 1 is 1.19 bits per heavy atom. The zero-order chi connectivity index (χ0) is 18.9. The molecule has 2 aromatic rings. The van der Waals surface area contributed by atoms with Crippen molar-refractivity contribution in [1.82, 2.24) is 0 Å². The highest BCUT2D eigenvalue weighted by atomic mass is 16.5. The minimum absolute atomic E-state index is 0.116. The minimum Gasteiger partial charge on any atom is -0.463 e. The molecule has 0 aliphatic carbocycles. The van der Waals surface area contributed by atoms with Gasteiger partial charge >= 0.3 is 11.9 Å². The van der Waals surface area contributed by atoms with Gasteiger partial charge in [0.15, 0.2) is 0 Å². The van der Waals surface area contributed by atoms with E-state index in [2.05, 4.69) is 6.58 Å². The molecule has 134 valence electrons. The lowest BCUT2D eigenvalue weighted by Crippen LogP contribution is -2.36. The van der Waals surface area contributed by atoms with Crippen LogP contribution in [0.4, 0.5) is 0 Å². The summed E-state index contributed by atoms with van der Waals surface area (Å²) in [5, 5.41) is 0. The molecule has 0 saturated carbocycles. The quantitative estimate of drug-likeness (QED) is 0.464. The molecule has 0 spiro atoms. The summed E-state index contributed by atoms with van der Waals surface area (Å²) >= 11 is 0. The van der Waals surface area contributed by atoms with Crippen molar-refractivity contribution in [2.75, 3.05) is 6.61 Å². The summed E-state index contributed by atoms with van der Waals surface area (Å²) in [6.07, 6.45) is 0.116. The smallest absolute Gasteiger partial charge is 0.333 e. The molecular formula is C22H22O4. The van der Waals surface area contributed by atoms with E-state index in [9.17, 15) is 9.59 Å². The number of fused-ring (bicyclic) bond motifs is 1. The lowest BCUT2D eigenvalue weighted by molar-refractivity contribution is -0.139. The molecule has 26 heavy (non-hydrogen) atoms. The SMILES string of the molecule is C=C(CC1(c2ccccc2)C(=O)Oc2c(C)cc(C)cc21)C(=O)OCC. The van der Waals surface area contributed by atoms with Gasteiger partial charge in [-0.1, -0.05) is 54.6 Å². The summed E-state index contributed by atoms with van der Waals surface area (Å²) in [6, 6.07) is 13.3. The van der Waals surface area contributed by atoms with Crippen LogP contribution in [0, 0.1) is 13.8 Å². The van der Waals surface area contributed by atoms with Crippen LogP contribution >= 0.6 is 0 Å². The van der Waals surface area contributed by atoms with Gasteiger partial charge in [0, 0.05) is 17.6 Å². The molecule has 0 bridgehead atoms. The third-order valence-electron chi connectivity index (χ3n) is 4.73. The molecule has 0 amide bonds. The number of hydrogen-bond donors (Lipinski definition) is 0. The number of carbonyl (C=O) groups excluding carboxylic acids is 2. The van der Waals surface area contributed by atoms with Gasteiger partial charge in [-0.05, 0) is 31.9 Å². The number of hydrogen-bond acceptors (Lipinski definition) is 4. The first-order valence-corrected chi connectivity index (χ1v) is 8.64. The van der Waals surface area contributed by atoms with Crippen LogP contribution in [0.2, 0.25) is 0 Å². The third-order valence-corrected chi connectivity index (χ3v) is 4.73. The number of carbonyl (C=O) groups is 2. The summed E-state index contributed by atoms with van der Waals surface area (Å²) in [7, 11) is 0. The number of ether oxygens (including phenoxy) is 2. The molecule has 4 nitrogen and oxygen atoms in total. The molecular weight excluding hydrogens is 328 g/mol. The van der Waals surface area contributed by atoms with Gasteiger partial charge in [0.05, 0.1) is 6.61 Å². The Hall–Kier alpha value is -2.88. The van der Waals surface area contributed by atoms with Gasteiger partial charge in [-0.25, -0.2) is 4.79 Å². The van der Waals surface area contributed by atoms with Crippen molar-refractivity contribution in [3.8, 4) is 5.75 Å². The lowest BCUT2D eigenvalue weighted by atomic mass is 9.71. The second-order valence-electron chi connectivity index (χ2n) is 6.62. The van der Waals surface area contributed by atoms with E-state index in [1.165, 1.54) is 0 Å². The van der Waals surface area contributed by atoms with Crippen molar-refractivity contribution in [1.29, 1.82) is 0 Å². The molecule has 1 atom stereocenters. The molecule has 1 aliphatic rings. The Bertz CT molecular complexity index is 883. The van der Waals surface area contributed by atoms with Crippen LogP contribution in [0.15, 0.2) is 54.6 Å². The van der Waals surface area contributed by atoms with E-state index < -0.39 is 17.4 Å². The van der Waals surface area contributed by atoms with Gasteiger partial charge in [0.2, 0.25) is 0 Å². The fourth-order valence-electron chi connectivity index (χ4n) is 3.59. The third kappa shape index (κ3) is 2.81. The minimum atomic E-state index is -1.10. The van der Waals surface area contributed by atoms with Gasteiger partial charge < -0.3 is 9.47 Å². The summed E-state index contributed by atoms with van der Waals surface area (Å²) in [5.41, 5.74) is 2.63. The summed E-state index contributed by atoms with van der Waals surface area (Å²) in [5.74, 6) is -0.313. The van der Waals surface area contributed by atoms with Crippen LogP contribution in [0.1, 0.15) is 35.6 Å². The maximum absolute atomic E-state index is 13.1. The number of aryl methyl sites for hydroxylation is 2. The van der Waals surface area contributed by atoms with Crippen molar-refractivity contribution >= 4 is 11.9 Å². The molecule has 0 fully saturated rings. The van der Waals surface area contributed by atoms with Gasteiger partial charge in [0.1, 0.15) is 11.2 Å². The molecule has 1 heterocycles. The average molecular weight is 350 g/mol. The van der Waals surface area contributed by atoms with Crippen molar-refractivity contribution in [3.63, 3.8) is 0 Å². The maximum Gasteiger partial charge on any atom is 0.333 e. The van der Waals surface area contributed by atoms with Crippen molar-refractivity contribution in [3.05, 3.63) is 76.9 Å². The van der Waals surface area contributed by atoms with Gasteiger partial charge in [-0.15, -0.1) is 0 Å². The summed E-state index contributed by atoms with van der Waals surface area (Å²) in [4.78, 5) is 25.3. The van der Waals surface area contributed by atoms with E-state index >= 15 is 0 Å². The van der Waals surface area contributed by atoms with Crippen LogP contribution in [0.25, 0.3) is 0 Å². The highest BCUT2D eigenvalue weighted by Gasteiger charge is 2.52. The van der Waals surface area contributed by atoms with E-state index in [0.717, 1.165) is 22.3 Å². The molecule has 2 aromatic carbocycles. The molecule has 4 heteroatoms. The topological polar surface area (TPSA) is 52.6 Å². The number of esters is 2. The normalized spacial score (nSPS) is 18.2. The van der Waals surface area contributed by atoms with Crippen LogP contribution in [-0.4, -0.2) is 18.5 Å². The molecule has 3 rings (SSSR count). The highest BCUT2D eigenvalue weighted by molar-refractivity contribution is 5.98. The second-order valence-corrected chi connectivity index (χ2v) is 6.62. The number of benzene rings is 2. The zero-order valence-electron chi connectivity index (χ0n) is 15.3. The van der Waals surface area contributed by atoms with E-state index in [4.69, 9.17) is 9.47 Å². The molecule has 0 aromatic heterocycles. The molecule has 1 unspecified atom stereocenters. The monoisotopic (exact) mass is 350 g/mol. The predicted octanol–water partition coefficient (Wildman–Crippen LogP) is 4.02. The van der Waals surface area contributed by atoms with Crippen molar-refractivity contribution in [2.45, 2.75) is 32.6 Å². The maximum atomic E-state index is 13.1. The zero-order valence-corrected chi connectivity index (χ0v) is 15.3. The predicted molar refractivity (Wildman–Crippen MR) is 99.2 cm³/mol. The Balaban J connectivity index is 2.20. The van der Waals surface area contributed by atoms with E-state index in [1.807, 2.05) is 56.3 Å². The Morgan fingerprint density at radius 3 is 2.54 bits per heavy atom. The largest absolute Gasteiger partial charge is 0.463 e. The standard InChI is InChI=1S/C22H22O4/c1-5-25-20(23)16(4)13-22(17-9-7-6-8-10-17)18-12-14(2)11-15(3)19(18)26-21(22)24/h6-12H,4-5,13H2,1-3H3. The fourth-order valence-corrected chi connectivity index (χ4v) is 3.59. The second kappa shape index (κ2) is 6.79. The Labute approximate surface area is 153 Å². The van der Waals surface area contributed by atoms with Crippen LogP contribution in [0.5, 0.6) is 5.75 Å². The van der Waals surface area contributed by atoms with E-state index in [0.29, 0.717) is 5.75 Å². The summed E-state index contributed by atoms with van der Waals surface area (Å²) < 4.78 is 10.7. The van der Waals surface area contributed by atoms with Crippen LogP contribution in [0.3, 0.4) is 0 Å². The molecule has 1 aliphatic heterocycles. The summed E-state index contributed by atoms with van der Waals surface area (Å²) in [6.45, 7) is 9.77. The van der Waals surface area contributed by atoms with Crippen molar-refractivity contribution in [2.24, 2.45) is 0 Å². The molecule has 0 radical (unpaired) electrons. The first kappa shape index (κ1) is 17.9. The Morgan fingerprint density at radius 2 is 1.88 bits per heavy atom. The molecule has 0 N–H and O–H groups in total. The van der Waals surface area contributed by atoms with E-state index in [1.54, 1.807) is 6.92 Å².